The first-order valence-corrected chi connectivity index (χ1v) is 9.62. The van der Waals surface area contributed by atoms with Gasteiger partial charge in [0.25, 0.3) is 5.91 Å². The van der Waals surface area contributed by atoms with E-state index in [1.54, 1.807) is 18.2 Å². The quantitative estimate of drug-likeness (QED) is 0.798. The van der Waals surface area contributed by atoms with Crippen LogP contribution in [0.2, 0.25) is 0 Å². The number of carbonyl (C=O) groups is 2. The number of nitrogens with zero attached hydrogens (tertiary/aromatic N) is 2. The van der Waals surface area contributed by atoms with Gasteiger partial charge in [0.2, 0.25) is 5.91 Å². The average Bonchev–Trinajstić information content (AvgIpc) is 2.74. The Bertz CT molecular complexity index is 787. The van der Waals surface area contributed by atoms with Gasteiger partial charge in [-0.2, -0.15) is 0 Å². The number of hydrogen-bond acceptors (Lipinski definition) is 4. The van der Waals surface area contributed by atoms with Gasteiger partial charge in [0.05, 0.1) is 12.7 Å². The fourth-order valence-electron chi connectivity index (χ4n) is 3.37. The van der Waals surface area contributed by atoms with Crippen molar-refractivity contribution in [2.75, 3.05) is 39.8 Å². The molecule has 148 valence electrons. The molecule has 1 N–H and O–H groups in total. The van der Waals surface area contributed by atoms with Gasteiger partial charge in [0.15, 0.2) is 0 Å². The summed E-state index contributed by atoms with van der Waals surface area (Å²) in [6.07, 6.45) is 0.305. The van der Waals surface area contributed by atoms with Crippen molar-refractivity contribution in [2.45, 2.75) is 13.0 Å². The number of methoxy groups -OCH3 is 1. The van der Waals surface area contributed by atoms with Gasteiger partial charge < -0.3 is 15.0 Å². The van der Waals surface area contributed by atoms with Crippen molar-refractivity contribution >= 4 is 11.8 Å². The standard InChI is InChI=1S/C22H27N3O3/c1-28-20-10-6-5-9-19(20)22(27)23-12-11-21(26)25-15-13-24(14-16-25)17-18-7-3-2-4-8-18/h2-10H,11-17H2,1H3,(H,23,27). The molecule has 3 rings (SSSR count). The maximum atomic E-state index is 12.4. The van der Waals surface area contributed by atoms with Crippen molar-refractivity contribution in [3.05, 3.63) is 65.7 Å². The lowest BCUT2D eigenvalue weighted by atomic mass is 10.2. The van der Waals surface area contributed by atoms with Gasteiger partial charge in [0.1, 0.15) is 5.75 Å². The van der Waals surface area contributed by atoms with Crippen molar-refractivity contribution in [3.63, 3.8) is 0 Å². The van der Waals surface area contributed by atoms with E-state index >= 15 is 0 Å². The van der Waals surface area contributed by atoms with Crippen LogP contribution < -0.4 is 10.1 Å². The van der Waals surface area contributed by atoms with E-state index in [0.717, 1.165) is 32.7 Å². The number of piperazine rings is 1. The Hall–Kier alpha value is -2.86. The largest absolute Gasteiger partial charge is 0.496 e. The molecule has 0 radical (unpaired) electrons. The van der Waals surface area contributed by atoms with Crippen LogP contribution in [0.1, 0.15) is 22.3 Å². The molecule has 2 aromatic rings. The van der Waals surface area contributed by atoms with Gasteiger partial charge in [-0.15, -0.1) is 0 Å². The van der Waals surface area contributed by atoms with Crippen LogP contribution in [0.15, 0.2) is 54.6 Å². The van der Waals surface area contributed by atoms with Crippen molar-refractivity contribution < 1.29 is 14.3 Å². The number of carbonyl (C=O) groups excluding carboxylic acids is 2. The Morgan fingerprint density at radius 1 is 0.964 bits per heavy atom. The lowest BCUT2D eigenvalue weighted by molar-refractivity contribution is -0.132. The Morgan fingerprint density at radius 3 is 2.36 bits per heavy atom. The zero-order valence-corrected chi connectivity index (χ0v) is 16.3. The number of hydrogen-bond donors (Lipinski definition) is 1. The number of rotatable bonds is 7. The third kappa shape index (κ3) is 5.33. The van der Waals surface area contributed by atoms with Crippen LogP contribution in [0.5, 0.6) is 5.75 Å². The van der Waals surface area contributed by atoms with Crippen molar-refractivity contribution in [1.82, 2.24) is 15.1 Å². The van der Waals surface area contributed by atoms with E-state index in [4.69, 9.17) is 4.74 Å². The second kappa shape index (κ2) is 9.90. The summed E-state index contributed by atoms with van der Waals surface area (Å²) in [6.45, 7) is 4.43. The van der Waals surface area contributed by atoms with E-state index in [-0.39, 0.29) is 11.8 Å². The Morgan fingerprint density at radius 2 is 1.64 bits per heavy atom. The van der Waals surface area contributed by atoms with Gasteiger partial charge in [0, 0.05) is 45.7 Å². The molecule has 1 fully saturated rings. The first-order chi connectivity index (χ1) is 13.7. The molecule has 0 saturated carbocycles. The van der Waals surface area contributed by atoms with Crippen molar-refractivity contribution in [1.29, 1.82) is 0 Å². The lowest BCUT2D eigenvalue weighted by Gasteiger charge is -2.34. The molecule has 0 bridgehead atoms. The SMILES string of the molecule is COc1ccccc1C(=O)NCCC(=O)N1CCN(Cc2ccccc2)CC1. The maximum Gasteiger partial charge on any atom is 0.255 e. The monoisotopic (exact) mass is 381 g/mol. The smallest absolute Gasteiger partial charge is 0.255 e. The minimum absolute atomic E-state index is 0.0830. The van der Waals surface area contributed by atoms with Gasteiger partial charge >= 0.3 is 0 Å². The van der Waals surface area contributed by atoms with Crippen molar-refractivity contribution in [3.8, 4) is 5.75 Å². The predicted molar refractivity (Wildman–Crippen MR) is 108 cm³/mol. The molecule has 0 aliphatic carbocycles. The Balaban J connectivity index is 1.39. The highest BCUT2D eigenvalue weighted by Gasteiger charge is 2.21. The van der Waals surface area contributed by atoms with Crippen LogP contribution >= 0.6 is 0 Å². The van der Waals surface area contributed by atoms with Crippen LogP contribution in [-0.2, 0) is 11.3 Å². The zero-order valence-electron chi connectivity index (χ0n) is 16.3. The molecule has 1 aliphatic heterocycles. The highest BCUT2D eigenvalue weighted by Crippen LogP contribution is 2.16. The molecule has 1 aliphatic rings. The highest BCUT2D eigenvalue weighted by molar-refractivity contribution is 5.97. The summed E-state index contributed by atoms with van der Waals surface area (Å²) in [5.74, 6) is 0.387. The van der Waals surface area contributed by atoms with Crippen LogP contribution in [-0.4, -0.2) is 61.4 Å². The number of ether oxygens (including phenoxy) is 1. The van der Waals surface area contributed by atoms with E-state index in [0.29, 0.717) is 24.3 Å². The molecule has 0 atom stereocenters. The molecule has 1 saturated heterocycles. The van der Waals surface area contributed by atoms with E-state index in [2.05, 4.69) is 34.5 Å². The number of benzene rings is 2. The minimum atomic E-state index is -0.224. The van der Waals surface area contributed by atoms with Crippen LogP contribution in [0, 0.1) is 0 Å². The summed E-state index contributed by atoms with van der Waals surface area (Å²) >= 11 is 0. The lowest BCUT2D eigenvalue weighted by Crippen LogP contribution is -2.48. The van der Waals surface area contributed by atoms with Crippen molar-refractivity contribution in [2.24, 2.45) is 0 Å². The van der Waals surface area contributed by atoms with Gasteiger partial charge in [-0.1, -0.05) is 42.5 Å². The topological polar surface area (TPSA) is 61.9 Å². The Kier molecular flexibility index (Phi) is 7.03. The Labute approximate surface area is 166 Å². The summed E-state index contributed by atoms with van der Waals surface area (Å²) in [7, 11) is 1.53. The third-order valence-corrected chi connectivity index (χ3v) is 4.95. The van der Waals surface area contributed by atoms with Gasteiger partial charge in [-0.3, -0.25) is 14.5 Å². The molecule has 6 heteroatoms. The molecule has 6 nitrogen and oxygen atoms in total. The minimum Gasteiger partial charge on any atom is -0.496 e. The second-order valence-corrected chi connectivity index (χ2v) is 6.85. The molecule has 28 heavy (non-hydrogen) atoms. The van der Waals surface area contributed by atoms with Crippen LogP contribution in [0.3, 0.4) is 0 Å². The summed E-state index contributed by atoms with van der Waals surface area (Å²) in [4.78, 5) is 29.0. The molecule has 0 aromatic heterocycles. The first-order valence-electron chi connectivity index (χ1n) is 9.62. The number of nitrogens with one attached hydrogen (secondary N) is 1. The van der Waals surface area contributed by atoms with E-state index < -0.39 is 0 Å². The van der Waals surface area contributed by atoms with Crippen LogP contribution in [0.25, 0.3) is 0 Å². The average molecular weight is 381 g/mol. The van der Waals surface area contributed by atoms with E-state index in [1.165, 1.54) is 12.7 Å². The third-order valence-electron chi connectivity index (χ3n) is 4.95. The molecule has 1 heterocycles. The maximum absolute atomic E-state index is 12.4. The second-order valence-electron chi connectivity index (χ2n) is 6.85. The summed E-state index contributed by atoms with van der Waals surface area (Å²) < 4.78 is 5.20. The molecular weight excluding hydrogens is 354 g/mol. The van der Waals surface area contributed by atoms with E-state index in [9.17, 15) is 9.59 Å². The highest BCUT2D eigenvalue weighted by atomic mass is 16.5. The fraction of sp³-hybridized carbons (Fsp3) is 0.364. The molecule has 2 amide bonds. The summed E-state index contributed by atoms with van der Waals surface area (Å²) in [6, 6.07) is 17.4. The first kappa shape index (κ1) is 19.9. The van der Waals surface area contributed by atoms with Gasteiger partial charge in [-0.05, 0) is 17.7 Å². The summed E-state index contributed by atoms with van der Waals surface area (Å²) in [5.41, 5.74) is 1.77. The molecular formula is C22H27N3O3. The number of amides is 2. The molecule has 0 spiro atoms. The number of para-hydroxylation sites is 1. The van der Waals surface area contributed by atoms with E-state index in [1.807, 2.05) is 17.0 Å². The predicted octanol–water partition coefficient (Wildman–Crippen LogP) is 2.16. The van der Waals surface area contributed by atoms with Crippen LogP contribution in [0.4, 0.5) is 0 Å². The zero-order chi connectivity index (χ0) is 19.8. The van der Waals surface area contributed by atoms with Gasteiger partial charge in [-0.25, -0.2) is 0 Å². The summed E-state index contributed by atoms with van der Waals surface area (Å²) in [5, 5.41) is 2.81. The molecule has 2 aromatic carbocycles. The normalized spacial score (nSPS) is 14.5. The fourth-order valence-corrected chi connectivity index (χ4v) is 3.37. The molecule has 0 unspecified atom stereocenters.